The van der Waals surface area contributed by atoms with Crippen molar-refractivity contribution in [3.8, 4) is 0 Å². The van der Waals surface area contributed by atoms with Crippen LogP contribution in [0.15, 0.2) is 54.6 Å². The monoisotopic (exact) mass is 561 g/mol. The number of fused-ring (bicyclic) bond motifs is 3. The Morgan fingerprint density at radius 3 is 2.22 bits per heavy atom. The third kappa shape index (κ3) is 4.43. The van der Waals surface area contributed by atoms with Crippen LogP contribution in [0.3, 0.4) is 0 Å². The molecule has 3 aromatic carbocycles. The summed E-state index contributed by atoms with van der Waals surface area (Å²) in [4.78, 5) is 42.0. The molecule has 184 valence electrons. The highest BCUT2D eigenvalue weighted by molar-refractivity contribution is 6.38. The number of halogens is 4. The first kappa shape index (κ1) is 24.9. The normalized spacial score (nSPS) is 21.3. The summed E-state index contributed by atoms with van der Waals surface area (Å²) >= 11 is 25.1. The summed E-state index contributed by atoms with van der Waals surface area (Å²) in [5, 5.41) is 6.64. The predicted octanol–water partition coefficient (Wildman–Crippen LogP) is 6.63. The largest absolute Gasteiger partial charge is 0.334 e. The summed E-state index contributed by atoms with van der Waals surface area (Å²) in [6.07, 6.45) is 0.327. The zero-order chi connectivity index (χ0) is 25.7. The van der Waals surface area contributed by atoms with Gasteiger partial charge in [-0.25, -0.2) is 9.69 Å². The van der Waals surface area contributed by atoms with Crippen molar-refractivity contribution in [3.05, 3.63) is 91.4 Å². The molecule has 2 aliphatic heterocycles. The van der Waals surface area contributed by atoms with Crippen LogP contribution in [0.1, 0.15) is 22.6 Å². The third-order valence-corrected chi connectivity index (χ3v) is 7.52. The zero-order valence-corrected chi connectivity index (χ0v) is 21.8. The number of hydrogen-bond donors (Lipinski definition) is 2. The molecule has 36 heavy (non-hydrogen) atoms. The number of amides is 4. The van der Waals surface area contributed by atoms with Crippen LogP contribution in [0.25, 0.3) is 0 Å². The van der Waals surface area contributed by atoms with Crippen LogP contribution in [0, 0.1) is 12.8 Å². The van der Waals surface area contributed by atoms with Crippen molar-refractivity contribution < 1.29 is 14.4 Å². The van der Waals surface area contributed by atoms with E-state index in [1.165, 1.54) is 24.3 Å². The van der Waals surface area contributed by atoms with Gasteiger partial charge in [-0.05, 0) is 60.4 Å². The van der Waals surface area contributed by atoms with Crippen molar-refractivity contribution >= 4 is 75.6 Å². The highest BCUT2D eigenvalue weighted by atomic mass is 35.5. The minimum Gasteiger partial charge on any atom is -0.334 e. The van der Waals surface area contributed by atoms with Gasteiger partial charge < -0.3 is 10.6 Å². The van der Waals surface area contributed by atoms with Crippen molar-refractivity contribution in [1.29, 1.82) is 0 Å². The molecule has 0 aliphatic carbocycles. The molecule has 1 fully saturated rings. The number of anilines is 2. The SMILES string of the molecule is Cc1ccccc1CC1NC(=O)Nc2c(Cl)cc(Cl)cc2C2C(=O)N(c3cc(Cl)cc(Cl)c3)C(=O)C12. The summed E-state index contributed by atoms with van der Waals surface area (Å²) in [5.41, 5.74) is 2.79. The summed E-state index contributed by atoms with van der Waals surface area (Å²) in [6, 6.07) is 14.0. The molecule has 2 heterocycles. The Kier molecular flexibility index (Phi) is 6.64. The fourth-order valence-electron chi connectivity index (χ4n) is 4.98. The lowest BCUT2D eigenvalue weighted by Gasteiger charge is -2.31. The number of rotatable bonds is 3. The molecule has 6 nitrogen and oxygen atoms in total. The second-order valence-electron chi connectivity index (χ2n) is 8.83. The smallest absolute Gasteiger partial charge is 0.319 e. The maximum Gasteiger partial charge on any atom is 0.319 e. The molecule has 10 heteroatoms. The molecule has 0 bridgehead atoms. The molecule has 3 atom stereocenters. The fraction of sp³-hybridized carbons (Fsp3) is 0.192. The van der Waals surface area contributed by atoms with Crippen LogP contribution in [-0.2, 0) is 16.0 Å². The lowest BCUT2D eigenvalue weighted by molar-refractivity contribution is -0.122. The summed E-state index contributed by atoms with van der Waals surface area (Å²) in [6.45, 7) is 1.95. The van der Waals surface area contributed by atoms with Gasteiger partial charge in [-0.15, -0.1) is 0 Å². The van der Waals surface area contributed by atoms with E-state index in [4.69, 9.17) is 46.4 Å². The Labute approximate surface area is 227 Å². The van der Waals surface area contributed by atoms with Crippen LogP contribution < -0.4 is 15.5 Å². The lowest BCUT2D eigenvalue weighted by Crippen LogP contribution is -2.49. The van der Waals surface area contributed by atoms with Crippen molar-refractivity contribution in [1.82, 2.24) is 5.32 Å². The van der Waals surface area contributed by atoms with Crippen molar-refractivity contribution in [2.75, 3.05) is 10.2 Å². The topological polar surface area (TPSA) is 78.5 Å². The second kappa shape index (κ2) is 9.60. The maximum atomic E-state index is 14.0. The van der Waals surface area contributed by atoms with Gasteiger partial charge in [-0.3, -0.25) is 9.59 Å². The Morgan fingerprint density at radius 1 is 0.861 bits per heavy atom. The van der Waals surface area contributed by atoms with Gasteiger partial charge in [0.2, 0.25) is 11.8 Å². The molecule has 0 radical (unpaired) electrons. The number of urea groups is 1. The van der Waals surface area contributed by atoms with Gasteiger partial charge in [-0.1, -0.05) is 70.7 Å². The van der Waals surface area contributed by atoms with Crippen LogP contribution in [0.4, 0.5) is 16.2 Å². The highest BCUT2D eigenvalue weighted by Crippen LogP contribution is 2.46. The van der Waals surface area contributed by atoms with Gasteiger partial charge >= 0.3 is 6.03 Å². The van der Waals surface area contributed by atoms with E-state index in [1.807, 2.05) is 31.2 Å². The second-order valence-corrected chi connectivity index (χ2v) is 10.5. The Morgan fingerprint density at radius 2 is 1.53 bits per heavy atom. The van der Waals surface area contributed by atoms with Gasteiger partial charge in [0.1, 0.15) is 0 Å². The molecular formula is C26H19Cl4N3O3. The number of imide groups is 1. The van der Waals surface area contributed by atoms with Gasteiger partial charge in [0.15, 0.2) is 0 Å². The Hall–Kier alpha value is -2.77. The van der Waals surface area contributed by atoms with Gasteiger partial charge in [0.05, 0.1) is 28.2 Å². The number of benzene rings is 3. The minimum atomic E-state index is -0.969. The zero-order valence-electron chi connectivity index (χ0n) is 18.8. The van der Waals surface area contributed by atoms with E-state index in [9.17, 15) is 14.4 Å². The standard InChI is InChI=1S/C26H19Cl4N3O3/c1-12-4-2-3-5-13(12)6-20-22-21(18-10-16(29)11-19(30)23(18)32-26(36)31-20)24(34)33(25(22)35)17-8-14(27)7-15(28)9-17/h2-5,7-11,20-22H,6H2,1H3,(H2,31,32,36). The number of nitrogens with one attached hydrogen (secondary N) is 2. The summed E-state index contributed by atoms with van der Waals surface area (Å²) in [5.74, 6) is -2.88. The lowest BCUT2D eigenvalue weighted by atomic mass is 9.79. The van der Waals surface area contributed by atoms with E-state index < -0.39 is 35.7 Å². The van der Waals surface area contributed by atoms with E-state index in [0.29, 0.717) is 12.0 Å². The predicted molar refractivity (Wildman–Crippen MR) is 142 cm³/mol. The molecule has 2 aliphatic rings. The minimum absolute atomic E-state index is 0.160. The number of aryl methyl sites for hydroxylation is 1. The number of nitrogens with zero attached hydrogens (tertiary/aromatic N) is 1. The van der Waals surface area contributed by atoms with Crippen molar-refractivity contribution in [2.45, 2.75) is 25.3 Å². The van der Waals surface area contributed by atoms with Gasteiger partial charge in [-0.2, -0.15) is 0 Å². The van der Waals surface area contributed by atoms with Crippen molar-refractivity contribution in [2.24, 2.45) is 5.92 Å². The van der Waals surface area contributed by atoms with E-state index >= 15 is 0 Å². The Balaban J connectivity index is 1.70. The molecule has 0 spiro atoms. The highest BCUT2D eigenvalue weighted by Gasteiger charge is 2.54. The van der Waals surface area contributed by atoms with Crippen LogP contribution in [0.5, 0.6) is 0 Å². The van der Waals surface area contributed by atoms with Crippen molar-refractivity contribution in [3.63, 3.8) is 0 Å². The van der Waals surface area contributed by atoms with Gasteiger partial charge in [0.25, 0.3) is 0 Å². The number of hydrogen-bond acceptors (Lipinski definition) is 3. The third-order valence-electron chi connectivity index (χ3n) is 6.57. The molecule has 0 aromatic heterocycles. The number of carbonyl (C=O) groups excluding carboxylic acids is 3. The summed E-state index contributed by atoms with van der Waals surface area (Å²) in [7, 11) is 0. The molecule has 4 amide bonds. The van der Waals surface area contributed by atoms with Crippen LogP contribution in [-0.4, -0.2) is 23.9 Å². The van der Waals surface area contributed by atoms with Crippen LogP contribution >= 0.6 is 46.4 Å². The number of carbonyl (C=O) groups is 3. The average molecular weight is 563 g/mol. The van der Waals surface area contributed by atoms with Gasteiger partial charge in [0, 0.05) is 21.1 Å². The maximum absolute atomic E-state index is 14.0. The first-order valence-corrected chi connectivity index (χ1v) is 12.6. The molecule has 2 N–H and O–H groups in total. The van der Waals surface area contributed by atoms with E-state index in [0.717, 1.165) is 16.0 Å². The first-order chi connectivity index (χ1) is 17.1. The average Bonchev–Trinajstić information content (AvgIpc) is 3.04. The summed E-state index contributed by atoms with van der Waals surface area (Å²) < 4.78 is 0. The quantitative estimate of drug-likeness (QED) is 0.352. The molecule has 3 unspecified atom stereocenters. The van der Waals surface area contributed by atoms with E-state index in [1.54, 1.807) is 6.07 Å². The molecule has 0 saturated carbocycles. The molecule has 1 saturated heterocycles. The van der Waals surface area contributed by atoms with Crippen LogP contribution in [0.2, 0.25) is 20.1 Å². The molecular weight excluding hydrogens is 544 g/mol. The molecule has 5 rings (SSSR count). The molecule has 3 aromatic rings. The Bertz CT molecular complexity index is 1410. The first-order valence-electron chi connectivity index (χ1n) is 11.1. The fourth-order valence-corrected chi connectivity index (χ4v) is 6.05. The van der Waals surface area contributed by atoms with E-state index in [2.05, 4.69) is 10.6 Å². The van der Waals surface area contributed by atoms with E-state index in [-0.39, 0.29) is 31.5 Å².